The van der Waals surface area contributed by atoms with Crippen molar-refractivity contribution in [3.05, 3.63) is 70.3 Å². The maximum Gasteiger partial charge on any atom is 0.0582 e. The zero-order chi connectivity index (χ0) is 11.8. The minimum absolute atomic E-state index is 0.366. The Morgan fingerprint density at radius 2 is 1.82 bits per heavy atom. The molecule has 1 atom stereocenters. The largest absolute Gasteiger partial charge is 0.302 e. The molecule has 0 fully saturated rings. The predicted molar refractivity (Wildman–Crippen MR) is 71.0 cm³/mol. The molecule has 0 amide bonds. The summed E-state index contributed by atoms with van der Waals surface area (Å²) in [5, 5.41) is 3.59. The fourth-order valence-corrected chi connectivity index (χ4v) is 2.61. The summed E-state index contributed by atoms with van der Waals surface area (Å²) in [4.78, 5) is 0. The molecule has 17 heavy (non-hydrogen) atoms. The normalized spacial score (nSPS) is 18.1. The van der Waals surface area contributed by atoms with Crippen LogP contribution in [0.15, 0.2) is 42.5 Å². The second-order valence-electron chi connectivity index (χ2n) is 4.93. The van der Waals surface area contributed by atoms with Crippen molar-refractivity contribution in [2.75, 3.05) is 0 Å². The summed E-state index contributed by atoms with van der Waals surface area (Å²) in [6.45, 7) is 5.29. The summed E-state index contributed by atoms with van der Waals surface area (Å²) in [5.74, 6) is 0. The van der Waals surface area contributed by atoms with E-state index in [9.17, 15) is 0 Å². The van der Waals surface area contributed by atoms with E-state index in [2.05, 4.69) is 61.6 Å². The molecule has 1 aliphatic heterocycles. The molecule has 86 valence electrons. The molecule has 0 aliphatic carbocycles. The van der Waals surface area contributed by atoms with E-state index in [0.717, 1.165) is 6.54 Å². The lowest BCUT2D eigenvalue weighted by Crippen LogP contribution is -2.13. The minimum Gasteiger partial charge on any atom is -0.302 e. The molecule has 1 unspecified atom stereocenters. The van der Waals surface area contributed by atoms with Gasteiger partial charge in [-0.2, -0.15) is 0 Å². The Labute approximate surface area is 102 Å². The molecule has 0 spiro atoms. The lowest BCUT2D eigenvalue weighted by molar-refractivity contribution is 0.666. The summed E-state index contributed by atoms with van der Waals surface area (Å²) in [7, 11) is 0. The van der Waals surface area contributed by atoms with Crippen LogP contribution in [0.2, 0.25) is 0 Å². The second-order valence-corrected chi connectivity index (χ2v) is 4.93. The van der Waals surface area contributed by atoms with Crippen LogP contribution in [0.25, 0.3) is 0 Å². The molecule has 0 radical (unpaired) electrons. The molecule has 0 saturated carbocycles. The van der Waals surface area contributed by atoms with E-state index >= 15 is 0 Å². The van der Waals surface area contributed by atoms with Crippen molar-refractivity contribution in [1.82, 2.24) is 5.32 Å². The Morgan fingerprint density at radius 1 is 1.00 bits per heavy atom. The predicted octanol–water partition coefficient (Wildman–Crippen LogP) is 3.50. The molecule has 2 aromatic rings. The highest BCUT2D eigenvalue weighted by molar-refractivity contribution is 5.43. The average molecular weight is 223 g/mol. The van der Waals surface area contributed by atoms with Crippen molar-refractivity contribution < 1.29 is 0 Å². The van der Waals surface area contributed by atoms with Gasteiger partial charge in [0.15, 0.2) is 0 Å². The van der Waals surface area contributed by atoms with Crippen LogP contribution < -0.4 is 5.32 Å². The third-order valence-electron chi connectivity index (χ3n) is 3.48. The van der Waals surface area contributed by atoms with Gasteiger partial charge in [-0.05, 0) is 30.5 Å². The number of benzene rings is 2. The van der Waals surface area contributed by atoms with Gasteiger partial charge in [-0.15, -0.1) is 0 Å². The van der Waals surface area contributed by atoms with Crippen molar-refractivity contribution >= 4 is 0 Å². The van der Waals surface area contributed by atoms with E-state index in [1.165, 1.54) is 27.8 Å². The fourth-order valence-electron chi connectivity index (χ4n) is 2.61. The number of hydrogen-bond donors (Lipinski definition) is 1. The molecule has 1 N–H and O–H groups in total. The quantitative estimate of drug-likeness (QED) is 0.780. The van der Waals surface area contributed by atoms with Gasteiger partial charge in [0.25, 0.3) is 0 Å². The van der Waals surface area contributed by atoms with Crippen LogP contribution in [-0.2, 0) is 6.54 Å². The molecule has 3 rings (SSSR count). The lowest BCUT2D eigenvalue weighted by Gasteiger charge is -2.13. The first-order valence-electron chi connectivity index (χ1n) is 6.13. The van der Waals surface area contributed by atoms with Gasteiger partial charge in [0.1, 0.15) is 0 Å². The summed E-state index contributed by atoms with van der Waals surface area (Å²) in [5.41, 5.74) is 6.91. The Hall–Kier alpha value is -1.60. The molecule has 1 nitrogen and oxygen atoms in total. The van der Waals surface area contributed by atoms with Gasteiger partial charge in [0, 0.05) is 6.54 Å². The van der Waals surface area contributed by atoms with Crippen LogP contribution >= 0.6 is 0 Å². The molecule has 1 heterocycles. The number of aryl methyl sites for hydroxylation is 2. The molecule has 1 heteroatoms. The number of hydrogen-bond acceptors (Lipinski definition) is 1. The number of nitrogens with one attached hydrogen (secondary N) is 1. The van der Waals surface area contributed by atoms with Crippen LogP contribution in [0.5, 0.6) is 0 Å². The van der Waals surface area contributed by atoms with E-state index in [1.54, 1.807) is 0 Å². The van der Waals surface area contributed by atoms with Gasteiger partial charge in [-0.1, -0.05) is 53.6 Å². The highest BCUT2D eigenvalue weighted by Gasteiger charge is 2.22. The monoisotopic (exact) mass is 223 g/mol. The molecule has 0 bridgehead atoms. The van der Waals surface area contributed by atoms with Crippen LogP contribution in [0.4, 0.5) is 0 Å². The van der Waals surface area contributed by atoms with Crippen LogP contribution in [-0.4, -0.2) is 0 Å². The highest BCUT2D eigenvalue weighted by Crippen LogP contribution is 2.31. The first-order chi connectivity index (χ1) is 8.24. The SMILES string of the molecule is Cc1cccc(C2NCc3ccc(C)cc32)c1. The Morgan fingerprint density at radius 3 is 2.65 bits per heavy atom. The number of fused-ring (bicyclic) bond motifs is 1. The smallest absolute Gasteiger partial charge is 0.0582 e. The lowest BCUT2D eigenvalue weighted by atomic mass is 9.96. The summed E-state index contributed by atoms with van der Waals surface area (Å²) in [6.07, 6.45) is 0. The molecule has 0 saturated heterocycles. The first kappa shape index (κ1) is 10.5. The minimum atomic E-state index is 0.366. The Kier molecular flexibility index (Phi) is 2.49. The van der Waals surface area contributed by atoms with E-state index in [4.69, 9.17) is 0 Å². The van der Waals surface area contributed by atoms with Crippen LogP contribution in [0.3, 0.4) is 0 Å². The Balaban J connectivity index is 2.06. The first-order valence-corrected chi connectivity index (χ1v) is 6.13. The highest BCUT2D eigenvalue weighted by atomic mass is 14.9. The third kappa shape index (κ3) is 1.87. The van der Waals surface area contributed by atoms with E-state index < -0.39 is 0 Å². The summed E-state index contributed by atoms with van der Waals surface area (Å²) in [6, 6.07) is 15.9. The van der Waals surface area contributed by atoms with Gasteiger partial charge >= 0.3 is 0 Å². The van der Waals surface area contributed by atoms with Crippen LogP contribution in [0.1, 0.15) is 33.9 Å². The van der Waals surface area contributed by atoms with Gasteiger partial charge in [0.2, 0.25) is 0 Å². The van der Waals surface area contributed by atoms with E-state index in [1.807, 2.05) is 0 Å². The molecule has 2 aromatic carbocycles. The van der Waals surface area contributed by atoms with Crippen molar-refractivity contribution in [2.45, 2.75) is 26.4 Å². The zero-order valence-electron chi connectivity index (χ0n) is 10.3. The van der Waals surface area contributed by atoms with E-state index in [-0.39, 0.29) is 0 Å². The Bertz CT molecular complexity index is 557. The average Bonchev–Trinajstić information content (AvgIpc) is 2.71. The van der Waals surface area contributed by atoms with Crippen molar-refractivity contribution in [3.63, 3.8) is 0 Å². The molecule has 1 aliphatic rings. The fraction of sp³-hybridized carbons (Fsp3) is 0.250. The van der Waals surface area contributed by atoms with E-state index in [0.29, 0.717) is 6.04 Å². The van der Waals surface area contributed by atoms with Gasteiger partial charge < -0.3 is 5.32 Å². The molecular formula is C16H17N. The molecular weight excluding hydrogens is 206 g/mol. The number of rotatable bonds is 1. The van der Waals surface area contributed by atoms with Crippen molar-refractivity contribution in [1.29, 1.82) is 0 Å². The summed E-state index contributed by atoms with van der Waals surface area (Å²) >= 11 is 0. The van der Waals surface area contributed by atoms with Gasteiger partial charge in [-0.3, -0.25) is 0 Å². The zero-order valence-corrected chi connectivity index (χ0v) is 10.3. The van der Waals surface area contributed by atoms with Gasteiger partial charge in [-0.25, -0.2) is 0 Å². The molecule has 0 aromatic heterocycles. The van der Waals surface area contributed by atoms with Crippen LogP contribution in [0, 0.1) is 13.8 Å². The second kappa shape index (κ2) is 4.01. The standard InChI is InChI=1S/C16H17N/c1-11-4-3-5-13(8-11)16-15-9-12(2)6-7-14(15)10-17-16/h3-9,16-17H,10H2,1-2H3. The maximum absolute atomic E-state index is 3.59. The van der Waals surface area contributed by atoms with Crippen molar-refractivity contribution in [2.24, 2.45) is 0 Å². The summed E-state index contributed by atoms with van der Waals surface area (Å²) < 4.78 is 0. The third-order valence-corrected chi connectivity index (χ3v) is 3.48. The maximum atomic E-state index is 3.59. The van der Waals surface area contributed by atoms with Crippen molar-refractivity contribution in [3.8, 4) is 0 Å². The topological polar surface area (TPSA) is 12.0 Å². The van der Waals surface area contributed by atoms with Gasteiger partial charge in [0.05, 0.1) is 6.04 Å².